The van der Waals surface area contributed by atoms with Gasteiger partial charge >= 0.3 is 0 Å². The van der Waals surface area contributed by atoms with Crippen LogP contribution in [0.25, 0.3) is 0 Å². The minimum Gasteiger partial charge on any atom is -0.494 e. The molecule has 1 rings (SSSR count). The molecule has 0 aromatic carbocycles. The van der Waals surface area contributed by atoms with Crippen molar-refractivity contribution >= 4 is 5.78 Å². The second kappa shape index (κ2) is 3.74. The minimum atomic E-state index is 0.113. The highest BCUT2D eigenvalue weighted by molar-refractivity contribution is 5.91. The number of allylic oxidation sites excluding steroid dienone is 2. The topological polar surface area (TPSA) is 26.3 Å². The number of ether oxygens (including phenoxy) is 1. The second-order valence-electron chi connectivity index (χ2n) is 3.79. The van der Waals surface area contributed by atoms with Gasteiger partial charge < -0.3 is 4.74 Å². The fourth-order valence-electron chi connectivity index (χ4n) is 1.51. The Balaban J connectivity index is 2.50. The molecule has 2 nitrogen and oxygen atoms in total. The highest BCUT2D eigenvalue weighted by Crippen LogP contribution is 2.19. The van der Waals surface area contributed by atoms with Crippen LogP contribution in [0.3, 0.4) is 0 Å². The number of carbonyl (C=O) groups excluding carboxylic acids is 1. The molecule has 1 heterocycles. The lowest BCUT2D eigenvalue weighted by molar-refractivity contribution is -0.118. The van der Waals surface area contributed by atoms with Crippen molar-refractivity contribution in [3.63, 3.8) is 0 Å². The maximum absolute atomic E-state index is 11.1. The van der Waals surface area contributed by atoms with E-state index in [4.69, 9.17) is 4.74 Å². The molecule has 2 heteroatoms. The highest BCUT2D eigenvalue weighted by Gasteiger charge is 2.20. The van der Waals surface area contributed by atoms with Crippen molar-refractivity contribution in [3.8, 4) is 0 Å². The van der Waals surface area contributed by atoms with Gasteiger partial charge in [-0.1, -0.05) is 13.8 Å². The maximum atomic E-state index is 11.1. The van der Waals surface area contributed by atoms with Gasteiger partial charge in [-0.2, -0.15) is 0 Å². The van der Waals surface area contributed by atoms with Crippen molar-refractivity contribution in [2.75, 3.05) is 0 Å². The van der Waals surface area contributed by atoms with Crippen molar-refractivity contribution in [2.24, 2.45) is 5.92 Å². The zero-order chi connectivity index (χ0) is 9.14. The smallest absolute Gasteiger partial charge is 0.162 e. The van der Waals surface area contributed by atoms with E-state index in [0.29, 0.717) is 12.3 Å². The first-order valence-electron chi connectivity index (χ1n) is 4.45. The molecular formula is C10H16O2. The zero-order valence-corrected chi connectivity index (χ0v) is 7.96. The molecule has 0 fully saturated rings. The molecule has 1 aliphatic heterocycles. The number of hydrogen-bond acceptors (Lipinski definition) is 2. The third kappa shape index (κ3) is 2.68. The van der Waals surface area contributed by atoms with Crippen LogP contribution in [0.1, 0.15) is 33.6 Å². The average molecular weight is 168 g/mol. The Morgan fingerprint density at radius 1 is 1.67 bits per heavy atom. The van der Waals surface area contributed by atoms with Crippen LogP contribution in [0.5, 0.6) is 0 Å². The van der Waals surface area contributed by atoms with Gasteiger partial charge in [0.05, 0.1) is 5.76 Å². The van der Waals surface area contributed by atoms with E-state index in [1.807, 2.05) is 6.92 Å². The predicted molar refractivity (Wildman–Crippen MR) is 47.7 cm³/mol. The molecular weight excluding hydrogens is 152 g/mol. The van der Waals surface area contributed by atoms with Crippen LogP contribution < -0.4 is 0 Å². The van der Waals surface area contributed by atoms with Gasteiger partial charge in [-0.3, -0.25) is 4.79 Å². The van der Waals surface area contributed by atoms with E-state index in [0.717, 1.165) is 12.2 Å². The number of ketones is 1. The first kappa shape index (κ1) is 9.30. The molecule has 12 heavy (non-hydrogen) atoms. The Labute approximate surface area is 73.6 Å². The summed E-state index contributed by atoms with van der Waals surface area (Å²) in [6.45, 7) is 6.12. The maximum Gasteiger partial charge on any atom is 0.162 e. The molecule has 0 N–H and O–H groups in total. The summed E-state index contributed by atoms with van der Waals surface area (Å²) in [5.41, 5.74) is 0. The number of rotatable bonds is 2. The van der Waals surface area contributed by atoms with Crippen LogP contribution in [0.2, 0.25) is 0 Å². The van der Waals surface area contributed by atoms with Crippen molar-refractivity contribution in [3.05, 3.63) is 11.8 Å². The summed E-state index contributed by atoms with van der Waals surface area (Å²) in [6, 6.07) is 0. The summed E-state index contributed by atoms with van der Waals surface area (Å²) in [5.74, 6) is 1.55. The van der Waals surface area contributed by atoms with Crippen LogP contribution in [-0.4, -0.2) is 11.9 Å². The number of hydrogen-bond donors (Lipinski definition) is 0. The Hall–Kier alpha value is -0.790. The molecule has 0 radical (unpaired) electrons. The summed E-state index contributed by atoms with van der Waals surface area (Å²) < 4.78 is 5.51. The summed E-state index contributed by atoms with van der Waals surface area (Å²) in [4.78, 5) is 11.1. The van der Waals surface area contributed by atoms with Crippen LogP contribution in [0, 0.1) is 5.92 Å². The van der Waals surface area contributed by atoms with E-state index in [9.17, 15) is 4.79 Å². The van der Waals surface area contributed by atoms with E-state index in [1.54, 1.807) is 6.08 Å². The summed E-state index contributed by atoms with van der Waals surface area (Å²) >= 11 is 0. The van der Waals surface area contributed by atoms with Crippen LogP contribution in [0.4, 0.5) is 0 Å². The third-order valence-corrected chi connectivity index (χ3v) is 1.88. The van der Waals surface area contributed by atoms with Crippen molar-refractivity contribution in [2.45, 2.75) is 39.7 Å². The monoisotopic (exact) mass is 168 g/mol. The minimum absolute atomic E-state index is 0.113. The summed E-state index contributed by atoms with van der Waals surface area (Å²) in [7, 11) is 0. The van der Waals surface area contributed by atoms with E-state index in [2.05, 4.69) is 13.8 Å². The fourth-order valence-corrected chi connectivity index (χ4v) is 1.51. The lowest BCUT2D eigenvalue weighted by Crippen LogP contribution is -2.22. The molecule has 0 saturated heterocycles. The molecule has 0 saturated carbocycles. The quantitative estimate of drug-likeness (QED) is 0.632. The van der Waals surface area contributed by atoms with Gasteiger partial charge in [0.25, 0.3) is 0 Å². The molecule has 0 aromatic rings. The van der Waals surface area contributed by atoms with Crippen molar-refractivity contribution < 1.29 is 9.53 Å². The van der Waals surface area contributed by atoms with E-state index in [-0.39, 0.29) is 11.9 Å². The predicted octanol–water partition coefficient (Wildman–Crippen LogP) is 2.29. The lowest BCUT2D eigenvalue weighted by atomic mass is 10.00. The van der Waals surface area contributed by atoms with Gasteiger partial charge in [0.15, 0.2) is 5.78 Å². The van der Waals surface area contributed by atoms with Gasteiger partial charge in [-0.05, 0) is 19.3 Å². The Bertz CT molecular complexity index is 204. The first-order valence-corrected chi connectivity index (χ1v) is 4.45. The summed E-state index contributed by atoms with van der Waals surface area (Å²) in [5, 5.41) is 0. The molecule has 0 aliphatic carbocycles. The summed E-state index contributed by atoms with van der Waals surface area (Å²) in [6.07, 6.45) is 3.21. The van der Waals surface area contributed by atoms with E-state index >= 15 is 0 Å². The highest BCUT2D eigenvalue weighted by atomic mass is 16.5. The van der Waals surface area contributed by atoms with Crippen LogP contribution in [0.15, 0.2) is 11.8 Å². The number of carbonyl (C=O) groups is 1. The molecule has 68 valence electrons. The second-order valence-corrected chi connectivity index (χ2v) is 3.79. The van der Waals surface area contributed by atoms with Gasteiger partial charge in [-0.15, -0.1) is 0 Å². The Morgan fingerprint density at radius 2 is 2.33 bits per heavy atom. The molecule has 0 spiro atoms. The Kier molecular flexibility index (Phi) is 2.90. The van der Waals surface area contributed by atoms with Crippen molar-refractivity contribution in [1.82, 2.24) is 0 Å². The fraction of sp³-hybridized carbons (Fsp3) is 0.700. The molecule has 0 amide bonds. The zero-order valence-electron chi connectivity index (χ0n) is 7.96. The molecule has 0 aromatic heterocycles. The van der Waals surface area contributed by atoms with E-state index < -0.39 is 0 Å². The van der Waals surface area contributed by atoms with Gasteiger partial charge in [-0.25, -0.2) is 0 Å². The SMILES string of the molecule is CC1=CC(=O)CC(CC(C)C)O1. The van der Waals surface area contributed by atoms with Gasteiger partial charge in [0.1, 0.15) is 6.10 Å². The standard InChI is InChI=1S/C10H16O2/c1-7(2)4-10-6-9(11)5-8(3)12-10/h5,7,10H,4,6H2,1-3H3. The molecule has 1 aliphatic rings. The van der Waals surface area contributed by atoms with E-state index in [1.165, 1.54) is 0 Å². The largest absolute Gasteiger partial charge is 0.494 e. The van der Waals surface area contributed by atoms with Crippen molar-refractivity contribution in [1.29, 1.82) is 0 Å². The average Bonchev–Trinajstić information content (AvgIpc) is 1.81. The first-order chi connectivity index (χ1) is 5.58. The lowest BCUT2D eigenvalue weighted by Gasteiger charge is -2.23. The Morgan fingerprint density at radius 3 is 2.83 bits per heavy atom. The molecule has 1 unspecified atom stereocenters. The molecule has 1 atom stereocenters. The normalized spacial score (nSPS) is 23.8. The third-order valence-electron chi connectivity index (χ3n) is 1.88. The van der Waals surface area contributed by atoms with Gasteiger partial charge in [0.2, 0.25) is 0 Å². The molecule has 0 bridgehead atoms. The van der Waals surface area contributed by atoms with Crippen LogP contribution >= 0.6 is 0 Å². The van der Waals surface area contributed by atoms with Crippen LogP contribution in [-0.2, 0) is 9.53 Å². The van der Waals surface area contributed by atoms with Gasteiger partial charge in [0, 0.05) is 12.5 Å².